The van der Waals surface area contributed by atoms with Crippen LogP contribution in [0.4, 0.5) is 0 Å². The minimum absolute atomic E-state index is 0.344. The van der Waals surface area contributed by atoms with E-state index in [0.29, 0.717) is 0 Å². The van der Waals surface area contributed by atoms with Crippen molar-refractivity contribution in [2.45, 2.75) is 32.6 Å². The predicted molar refractivity (Wildman–Crippen MR) is 50.8 cm³/mol. The predicted octanol–water partition coefficient (Wildman–Crippen LogP) is 2.00. The van der Waals surface area contributed by atoms with E-state index < -0.39 is 0 Å². The SMILES string of the molecule is CCCN1CCCCC1=C[N+](=O)[O-]. The van der Waals surface area contributed by atoms with Crippen molar-refractivity contribution in [3.05, 3.63) is 22.0 Å². The van der Waals surface area contributed by atoms with Crippen LogP contribution in [0.15, 0.2) is 11.9 Å². The minimum atomic E-state index is -0.344. The van der Waals surface area contributed by atoms with Crippen LogP contribution in [-0.4, -0.2) is 22.9 Å². The highest BCUT2D eigenvalue weighted by atomic mass is 16.6. The fourth-order valence-electron chi connectivity index (χ4n) is 1.70. The van der Waals surface area contributed by atoms with Gasteiger partial charge in [-0.15, -0.1) is 0 Å². The zero-order chi connectivity index (χ0) is 9.68. The lowest BCUT2D eigenvalue weighted by molar-refractivity contribution is -0.404. The van der Waals surface area contributed by atoms with Crippen molar-refractivity contribution in [2.75, 3.05) is 13.1 Å². The van der Waals surface area contributed by atoms with Crippen LogP contribution < -0.4 is 0 Å². The second-order valence-electron chi connectivity index (χ2n) is 3.35. The first-order valence-corrected chi connectivity index (χ1v) is 4.83. The molecule has 1 rings (SSSR count). The van der Waals surface area contributed by atoms with Crippen LogP contribution in [0.1, 0.15) is 32.6 Å². The van der Waals surface area contributed by atoms with Gasteiger partial charge in [0.25, 0.3) is 6.20 Å². The van der Waals surface area contributed by atoms with Crippen LogP contribution in [0.25, 0.3) is 0 Å². The van der Waals surface area contributed by atoms with Crippen molar-refractivity contribution in [3.63, 3.8) is 0 Å². The first-order chi connectivity index (χ1) is 6.24. The van der Waals surface area contributed by atoms with E-state index in [-0.39, 0.29) is 4.92 Å². The first kappa shape index (κ1) is 10.0. The highest BCUT2D eigenvalue weighted by Gasteiger charge is 2.16. The van der Waals surface area contributed by atoms with Crippen molar-refractivity contribution in [1.82, 2.24) is 4.90 Å². The molecule has 0 unspecified atom stereocenters. The van der Waals surface area contributed by atoms with Gasteiger partial charge >= 0.3 is 0 Å². The number of hydrogen-bond donors (Lipinski definition) is 0. The monoisotopic (exact) mass is 184 g/mol. The number of allylic oxidation sites excluding steroid dienone is 1. The Bertz CT molecular complexity index is 212. The van der Waals surface area contributed by atoms with Crippen molar-refractivity contribution in [2.24, 2.45) is 0 Å². The Morgan fingerprint density at radius 2 is 2.38 bits per heavy atom. The molecule has 0 N–H and O–H groups in total. The second-order valence-corrected chi connectivity index (χ2v) is 3.35. The van der Waals surface area contributed by atoms with Crippen molar-refractivity contribution >= 4 is 0 Å². The van der Waals surface area contributed by atoms with E-state index in [4.69, 9.17) is 0 Å². The Morgan fingerprint density at radius 3 is 3.00 bits per heavy atom. The van der Waals surface area contributed by atoms with Gasteiger partial charge in [-0.25, -0.2) is 0 Å². The van der Waals surface area contributed by atoms with Gasteiger partial charge in [0, 0.05) is 13.1 Å². The molecule has 1 heterocycles. The molecule has 13 heavy (non-hydrogen) atoms. The van der Waals surface area contributed by atoms with E-state index in [9.17, 15) is 10.1 Å². The fraction of sp³-hybridized carbons (Fsp3) is 0.778. The second kappa shape index (κ2) is 4.84. The molecule has 0 aromatic heterocycles. The Labute approximate surface area is 78.4 Å². The smallest absolute Gasteiger partial charge is 0.253 e. The van der Waals surface area contributed by atoms with Gasteiger partial charge in [-0.2, -0.15) is 0 Å². The third-order valence-electron chi connectivity index (χ3n) is 2.27. The summed E-state index contributed by atoms with van der Waals surface area (Å²) in [5.41, 5.74) is 0.901. The number of likely N-dealkylation sites (tertiary alicyclic amines) is 1. The minimum Gasteiger partial charge on any atom is -0.370 e. The Kier molecular flexibility index (Phi) is 3.73. The summed E-state index contributed by atoms with van der Waals surface area (Å²) < 4.78 is 0. The van der Waals surface area contributed by atoms with Gasteiger partial charge < -0.3 is 4.90 Å². The lowest BCUT2D eigenvalue weighted by Gasteiger charge is -2.29. The molecule has 0 atom stereocenters. The van der Waals surface area contributed by atoms with Gasteiger partial charge in [0.2, 0.25) is 0 Å². The van der Waals surface area contributed by atoms with Gasteiger partial charge in [-0.05, 0) is 25.7 Å². The number of nitrogens with zero attached hydrogens (tertiary/aromatic N) is 2. The van der Waals surface area contributed by atoms with E-state index in [1.807, 2.05) is 0 Å². The molecule has 4 nitrogen and oxygen atoms in total. The van der Waals surface area contributed by atoms with E-state index >= 15 is 0 Å². The standard InChI is InChI=1S/C9H16N2O2/c1-2-6-10-7-4-3-5-9(10)8-11(12)13/h8H,2-7H2,1H3. The summed E-state index contributed by atoms with van der Waals surface area (Å²) >= 11 is 0. The highest BCUT2D eigenvalue weighted by molar-refractivity contribution is 4.99. The Balaban J connectivity index is 2.61. The third kappa shape index (κ3) is 3.05. The summed E-state index contributed by atoms with van der Waals surface area (Å²) in [5.74, 6) is 0. The molecule has 1 saturated heterocycles. The van der Waals surface area contributed by atoms with E-state index in [1.54, 1.807) is 0 Å². The van der Waals surface area contributed by atoms with Gasteiger partial charge in [-0.1, -0.05) is 6.92 Å². The molecule has 0 bridgehead atoms. The lowest BCUT2D eigenvalue weighted by Crippen LogP contribution is -2.29. The normalized spacial score (nSPS) is 20.7. The molecule has 4 heteroatoms. The zero-order valence-electron chi connectivity index (χ0n) is 8.03. The van der Waals surface area contributed by atoms with Crippen molar-refractivity contribution in [1.29, 1.82) is 0 Å². The molecule has 0 saturated carbocycles. The molecule has 74 valence electrons. The summed E-state index contributed by atoms with van der Waals surface area (Å²) in [6.45, 7) is 4.02. The Hall–Kier alpha value is -1.06. The van der Waals surface area contributed by atoms with Gasteiger partial charge in [0.15, 0.2) is 0 Å². The molecule has 1 aliphatic rings. The van der Waals surface area contributed by atoms with Crippen molar-refractivity contribution in [3.8, 4) is 0 Å². The molecular formula is C9H16N2O2. The van der Waals surface area contributed by atoms with Crippen LogP contribution >= 0.6 is 0 Å². The largest absolute Gasteiger partial charge is 0.370 e. The number of rotatable bonds is 3. The maximum atomic E-state index is 10.3. The summed E-state index contributed by atoms with van der Waals surface area (Å²) in [6.07, 6.45) is 5.32. The van der Waals surface area contributed by atoms with Crippen LogP contribution in [0.3, 0.4) is 0 Å². The number of nitro groups is 1. The van der Waals surface area contributed by atoms with Gasteiger partial charge in [-0.3, -0.25) is 10.1 Å². The quantitative estimate of drug-likeness (QED) is 0.498. The molecule has 0 aliphatic carbocycles. The maximum absolute atomic E-state index is 10.3. The van der Waals surface area contributed by atoms with Crippen LogP contribution in [0.2, 0.25) is 0 Å². The zero-order valence-corrected chi connectivity index (χ0v) is 8.03. The molecule has 0 amide bonds. The molecule has 0 aromatic carbocycles. The first-order valence-electron chi connectivity index (χ1n) is 4.83. The van der Waals surface area contributed by atoms with E-state index in [1.165, 1.54) is 0 Å². The molecular weight excluding hydrogens is 168 g/mol. The van der Waals surface area contributed by atoms with E-state index in [0.717, 1.165) is 50.7 Å². The average Bonchev–Trinajstić information content (AvgIpc) is 2.08. The summed E-state index contributed by atoms with van der Waals surface area (Å²) in [5, 5.41) is 10.3. The van der Waals surface area contributed by atoms with Gasteiger partial charge in [0.05, 0.1) is 10.6 Å². The maximum Gasteiger partial charge on any atom is 0.253 e. The molecule has 1 aliphatic heterocycles. The number of hydrogen-bond acceptors (Lipinski definition) is 3. The van der Waals surface area contributed by atoms with Crippen LogP contribution in [-0.2, 0) is 0 Å². The lowest BCUT2D eigenvalue weighted by atomic mass is 10.1. The summed E-state index contributed by atoms with van der Waals surface area (Å²) in [6, 6.07) is 0. The van der Waals surface area contributed by atoms with E-state index in [2.05, 4.69) is 11.8 Å². The average molecular weight is 184 g/mol. The topological polar surface area (TPSA) is 46.4 Å². The molecule has 1 fully saturated rings. The molecule has 0 spiro atoms. The van der Waals surface area contributed by atoms with Crippen molar-refractivity contribution < 1.29 is 4.92 Å². The fourth-order valence-corrected chi connectivity index (χ4v) is 1.70. The number of piperidine rings is 1. The molecule has 0 aromatic rings. The van der Waals surface area contributed by atoms with Crippen LogP contribution in [0.5, 0.6) is 0 Å². The summed E-state index contributed by atoms with van der Waals surface area (Å²) in [4.78, 5) is 12.1. The van der Waals surface area contributed by atoms with Crippen LogP contribution in [0, 0.1) is 10.1 Å². The van der Waals surface area contributed by atoms with Gasteiger partial charge in [0.1, 0.15) is 0 Å². The molecule has 0 radical (unpaired) electrons. The Morgan fingerprint density at radius 1 is 1.62 bits per heavy atom. The summed E-state index contributed by atoms with van der Waals surface area (Å²) in [7, 11) is 0. The highest BCUT2D eigenvalue weighted by Crippen LogP contribution is 2.20. The third-order valence-corrected chi connectivity index (χ3v) is 2.27.